The number of nitrogens with one attached hydrogen (secondary N) is 1. The Morgan fingerprint density at radius 1 is 1.30 bits per heavy atom. The number of hydrogen-bond donors (Lipinski definition) is 1. The summed E-state index contributed by atoms with van der Waals surface area (Å²) in [7, 11) is 1.69. The van der Waals surface area contributed by atoms with Gasteiger partial charge in [-0.1, -0.05) is 25.1 Å². The average molecular weight is 290 g/mol. The summed E-state index contributed by atoms with van der Waals surface area (Å²) in [6, 6.07) is 10.7. The molecular formula is C16H22N2OS. The average Bonchev–Trinajstić information content (AvgIpc) is 2.50. The maximum atomic E-state index is 5.38. The highest BCUT2D eigenvalue weighted by atomic mass is 32.2. The van der Waals surface area contributed by atoms with E-state index in [2.05, 4.69) is 36.7 Å². The third-order valence-electron chi connectivity index (χ3n) is 3.39. The van der Waals surface area contributed by atoms with Crippen LogP contribution in [0.15, 0.2) is 30.3 Å². The largest absolute Gasteiger partial charge is 0.494 e. The molecule has 20 heavy (non-hydrogen) atoms. The molecule has 1 heterocycles. The molecule has 1 unspecified atom stereocenters. The Bertz CT molecular complexity index is 559. The molecule has 0 saturated heterocycles. The number of rotatable bonds is 7. The molecule has 0 amide bonds. The number of ether oxygens (including phenoxy) is 1. The van der Waals surface area contributed by atoms with E-state index < -0.39 is 0 Å². The zero-order valence-corrected chi connectivity index (χ0v) is 13.2. The Kier molecular flexibility index (Phi) is 5.68. The Morgan fingerprint density at radius 2 is 2.15 bits per heavy atom. The zero-order valence-electron chi connectivity index (χ0n) is 12.3. The van der Waals surface area contributed by atoms with Gasteiger partial charge in [-0.2, -0.15) is 11.8 Å². The third-order valence-corrected chi connectivity index (χ3v) is 4.13. The number of methoxy groups -OCH3 is 1. The Balaban J connectivity index is 2.15. The van der Waals surface area contributed by atoms with Crippen LogP contribution >= 0.6 is 11.8 Å². The molecule has 0 aliphatic rings. The third kappa shape index (κ3) is 3.64. The van der Waals surface area contributed by atoms with Gasteiger partial charge in [-0.15, -0.1) is 0 Å². The SMILES string of the molecule is CCC(CSC)NCc1ccc2cccc(OC)c2n1. The number of thioether (sulfide) groups is 1. The summed E-state index contributed by atoms with van der Waals surface area (Å²) in [4.78, 5) is 4.72. The standard InChI is InChI=1S/C16H22N2OS/c1-4-13(11-20-3)17-10-14-9-8-12-6-5-7-15(19-2)16(12)18-14/h5-9,13,17H,4,10-11H2,1-3H3. The highest BCUT2D eigenvalue weighted by Crippen LogP contribution is 2.23. The second kappa shape index (κ2) is 7.50. The van der Waals surface area contributed by atoms with Crippen LogP contribution < -0.4 is 10.1 Å². The number of pyridine rings is 1. The molecule has 0 saturated carbocycles. The van der Waals surface area contributed by atoms with Gasteiger partial charge < -0.3 is 10.1 Å². The van der Waals surface area contributed by atoms with E-state index in [1.54, 1.807) is 7.11 Å². The van der Waals surface area contributed by atoms with Gasteiger partial charge in [-0.3, -0.25) is 0 Å². The van der Waals surface area contributed by atoms with Gasteiger partial charge in [-0.05, 0) is 24.8 Å². The predicted octanol–water partition coefficient (Wildman–Crippen LogP) is 3.47. The fourth-order valence-electron chi connectivity index (χ4n) is 2.19. The van der Waals surface area contributed by atoms with Crippen molar-refractivity contribution in [1.29, 1.82) is 0 Å². The summed E-state index contributed by atoms with van der Waals surface area (Å²) < 4.78 is 5.38. The molecule has 2 aromatic rings. The minimum Gasteiger partial charge on any atom is -0.494 e. The molecule has 1 atom stereocenters. The van der Waals surface area contributed by atoms with Gasteiger partial charge in [0.2, 0.25) is 0 Å². The van der Waals surface area contributed by atoms with Crippen LogP contribution in [0.3, 0.4) is 0 Å². The first-order valence-electron chi connectivity index (χ1n) is 6.93. The van der Waals surface area contributed by atoms with E-state index in [4.69, 9.17) is 9.72 Å². The number of benzene rings is 1. The first-order chi connectivity index (χ1) is 9.78. The lowest BCUT2D eigenvalue weighted by atomic mass is 10.2. The Morgan fingerprint density at radius 3 is 2.85 bits per heavy atom. The summed E-state index contributed by atoms with van der Waals surface area (Å²) in [6.07, 6.45) is 3.28. The summed E-state index contributed by atoms with van der Waals surface area (Å²) in [5, 5.41) is 4.68. The molecule has 0 spiro atoms. The molecule has 4 heteroatoms. The van der Waals surface area contributed by atoms with Crippen molar-refractivity contribution >= 4 is 22.7 Å². The number of fused-ring (bicyclic) bond motifs is 1. The Labute approximate surface area is 125 Å². The first-order valence-corrected chi connectivity index (χ1v) is 8.32. The summed E-state index contributed by atoms with van der Waals surface area (Å²) in [5.74, 6) is 1.97. The molecule has 2 rings (SSSR count). The maximum Gasteiger partial charge on any atom is 0.145 e. The van der Waals surface area contributed by atoms with Gasteiger partial charge in [0.1, 0.15) is 11.3 Å². The van der Waals surface area contributed by atoms with Crippen LogP contribution in [0.25, 0.3) is 10.9 Å². The summed E-state index contributed by atoms with van der Waals surface area (Å²) >= 11 is 1.88. The predicted molar refractivity (Wildman–Crippen MR) is 87.6 cm³/mol. The number of nitrogens with zero attached hydrogens (tertiary/aromatic N) is 1. The lowest BCUT2D eigenvalue weighted by Crippen LogP contribution is -2.30. The lowest BCUT2D eigenvalue weighted by Gasteiger charge is -2.15. The highest BCUT2D eigenvalue weighted by Gasteiger charge is 2.07. The van der Waals surface area contributed by atoms with Crippen LogP contribution in [0.2, 0.25) is 0 Å². The van der Waals surface area contributed by atoms with E-state index in [0.717, 1.165) is 41.1 Å². The van der Waals surface area contributed by atoms with Crippen molar-refractivity contribution in [2.24, 2.45) is 0 Å². The second-order valence-electron chi connectivity index (χ2n) is 4.78. The van der Waals surface area contributed by atoms with Crippen molar-refractivity contribution in [2.75, 3.05) is 19.1 Å². The quantitative estimate of drug-likeness (QED) is 0.846. The molecule has 108 valence electrons. The fraction of sp³-hybridized carbons (Fsp3) is 0.438. The normalized spacial score (nSPS) is 12.6. The molecular weight excluding hydrogens is 268 g/mol. The monoisotopic (exact) mass is 290 g/mol. The van der Waals surface area contributed by atoms with Crippen LogP contribution in [-0.2, 0) is 6.54 Å². The van der Waals surface area contributed by atoms with Gasteiger partial charge in [0.25, 0.3) is 0 Å². The van der Waals surface area contributed by atoms with Gasteiger partial charge in [0.05, 0.1) is 12.8 Å². The number of aromatic nitrogens is 1. The van der Waals surface area contributed by atoms with Crippen molar-refractivity contribution in [1.82, 2.24) is 10.3 Å². The van der Waals surface area contributed by atoms with Crippen LogP contribution in [0, 0.1) is 0 Å². The molecule has 1 aromatic heterocycles. The van der Waals surface area contributed by atoms with Gasteiger partial charge >= 0.3 is 0 Å². The van der Waals surface area contributed by atoms with Crippen molar-refractivity contribution in [2.45, 2.75) is 25.9 Å². The highest BCUT2D eigenvalue weighted by molar-refractivity contribution is 7.98. The van der Waals surface area contributed by atoms with Crippen LogP contribution in [0.4, 0.5) is 0 Å². The van der Waals surface area contributed by atoms with Gasteiger partial charge in [0.15, 0.2) is 0 Å². The van der Waals surface area contributed by atoms with E-state index in [0.29, 0.717) is 6.04 Å². The van der Waals surface area contributed by atoms with Crippen molar-refractivity contribution < 1.29 is 4.74 Å². The molecule has 1 N–H and O–H groups in total. The van der Waals surface area contributed by atoms with E-state index in [-0.39, 0.29) is 0 Å². The van der Waals surface area contributed by atoms with Crippen LogP contribution in [-0.4, -0.2) is 30.1 Å². The smallest absolute Gasteiger partial charge is 0.145 e. The van der Waals surface area contributed by atoms with E-state index in [1.165, 1.54) is 0 Å². The zero-order chi connectivity index (χ0) is 14.4. The molecule has 0 bridgehead atoms. The second-order valence-corrected chi connectivity index (χ2v) is 5.69. The van der Waals surface area contributed by atoms with Gasteiger partial charge in [-0.25, -0.2) is 4.98 Å². The molecule has 0 aliphatic heterocycles. The van der Waals surface area contributed by atoms with Gasteiger partial charge in [0, 0.05) is 23.7 Å². The number of hydrogen-bond acceptors (Lipinski definition) is 4. The van der Waals surface area contributed by atoms with E-state index in [9.17, 15) is 0 Å². The van der Waals surface area contributed by atoms with Crippen molar-refractivity contribution in [3.05, 3.63) is 36.0 Å². The molecule has 3 nitrogen and oxygen atoms in total. The van der Waals surface area contributed by atoms with E-state index in [1.807, 2.05) is 23.9 Å². The minimum absolute atomic E-state index is 0.542. The lowest BCUT2D eigenvalue weighted by molar-refractivity contribution is 0.418. The molecule has 0 fully saturated rings. The maximum absolute atomic E-state index is 5.38. The molecule has 1 aromatic carbocycles. The van der Waals surface area contributed by atoms with Crippen LogP contribution in [0.1, 0.15) is 19.0 Å². The summed E-state index contributed by atoms with van der Waals surface area (Å²) in [5.41, 5.74) is 1.99. The number of para-hydroxylation sites is 1. The van der Waals surface area contributed by atoms with Crippen molar-refractivity contribution in [3.63, 3.8) is 0 Å². The van der Waals surface area contributed by atoms with Crippen molar-refractivity contribution in [3.8, 4) is 5.75 Å². The Hall–Kier alpha value is -1.26. The summed E-state index contributed by atoms with van der Waals surface area (Å²) in [6.45, 7) is 3.01. The van der Waals surface area contributed by atoms with E-state index >= 15 is 0 Å². The fourth-order valence-corrected chi connectivity index (χ4v) is 2.95. The minimum atomic E-state index is 0.542. The molecule has 0 aliphatic carbocycles. The van der Waals surface area contributed by atoms with Crippen LogP contribution in [0.5, 0.6) is 5.75 Å². The molecule has 0 radical (unpaired) electrons. The topological polar surface area (TPSA) is 34.1 Å². The first kappa shape index (κ1) is 15.1.